The van der Waals surface area contributed by atoms with Gasteiger partial charge in [0.2, 0.25) is 10.0 Å². The van der Waals surface area contributed by atoms with E-state index >= 15 is 0 Å². The molecule has 3 N–H and O–H groups in total. The van der Waals surface area contributed by atoms with Gasteiger partial charge in [0, 0.05) is 16.8 Å². The van der Waals surface area contributed by atoms with Crippen LogP contribution in [0.4, 0.5) is 14.5 Å². The third kappa shape index (κ3) is 3.11. The highest BCUT2D eigenvalue weighted by Crippen LogP contribution is 2.22. The Morgan fingerprint density at radius 2 is 1.95 bits per heavy atom. The fourth-order valence-corrected chi connectivity index (χ4v) is 3.45. The van der Waals surface area contributed by atoms with Gasteiger partial charge in [-0.25, -0.2) is 26.9 Å². The van der Waals surface area contributed by atoms with Crippen LogP contribution >= 0.6 is 11.3 Å². The van der Waals surface area contributed by atoms with E-state index in [-0.39, 0.29) is 12.2 Å². The molecule has 1 aromatic heterocycles. The van der Waals surface area contributed by atoms with Crippen LogP contribution in [0.3, 0.4) is 0 Å². The van der Waals surface area contributed by atoms with Crippen LogP contribution in [0.25, 0.3) is 0 Å². The predicted molar refractivity (Wildman–Crippen MR) is 71.6 cm³/mol. The Labute approximate surface area is 118 Å². The van der Waals surface area contributed by atoms with E-state index in [0.29, 0.717) is 5.01 Å². The number of benzene rings is 1. The summed E-state index contributed by atoms with van der Waals surface area (Å²) in [5.74, 6) is -2.46. The first-order valence-electron chi connectivity index (χ1n) is 5.45. The molecular weight excluding hydrogens is 308 g/mol. The Balaban J connectivity index is 2.27. The fourth-order valence-electron chi connectivity index (χ4n) is 1.55. The summed E-state index contributed by atoms with van der Waals surface area (Å²) in [4.78, 5) is 3.01. The van der Waals surface area contributed by atoms with Crippen LogP contribution in [0.15, 0.2) is 22.4 Å². The summed E-state index contributed by atoms with van der Waals surface area (Å²) in [6.07, 6.45) is 0. The van der Waals surface area contributed by atoms with Crippen molar-refractivity contribution < 1.29 is 17.2 Å². The minimum absolute atomic E-state index is 0.135. The summed E-state index contributed by atoms with van der Waals surface area (Å²) >= 11 is 1.25. The smallest absolute Gasteiger partial charge is 0.246 e. The summed E-state index contributed by atoms with van der Waals surface area (Å²) in [6, 6.07) is 1.51. The molecule has 1 aromatic carbocycles. The molecule has 1 heterocycles. The van der Waals surface area contributed by atoms with Gasteiger partial charge in [-0.2, -0.15) is 0 Å². The van der Waals surface area contributed by atoms with Crippen LogP contribution in [0.5, 0.6) is 0 Å². The fraction of sp³-hybridized carbons (Fsp3) is 0.182. The molecule has 0 spiro atoms. The number of nitrogen functional groups attached to an aromatic ring is 1. The van der Waals surface area contributed by atoms with E-state index in [1.54, 1.807) is 12.3 Å². The summed E-state index contributed by atoms with van der Waals surface area (Å²) in [7, 11) is -4.32. The standard InChI is InChI=1S/C11H11F2N3O2S2/c1-6-5-19-10(16-6)4-15-20(17,18)11-8(12)2-7(14)3-9(11)13/h2-3,5,15H,4,14H2,1H3. The van der Waals surface area contributed by atoms with E-state index < -0.39 is 26.6 Å². The molecule has 5 nitrogen and oxygen atoms in total. The number of hydrogen-bond acceptors (Lipinski definition) is 5. The second-order valence-electron chi connectivity index (χ2n) is 4.02. The second kappa shape index (κ2) is 5.43. The van der Waals surface area contributed by atoms with E-state index in [1.165, 1.54) is 11.3 Å². The predicted octanol–water partition coefficient (Wildman–Crippen LogP) is 1.79. The van der Waals surface area contributed by atoms with Crippen molar-refractivity contribution in [1.82, 2.24) is 9.71 Å². The first-order chi connectivity index (χ1) is 9.29. The Morgan fingerprint density at radius 1 is 1.35 bits per heavy atom. The molecule has 0 aliphatic carbocycles. The minimum atomic E-state index is -4.32. The number of aryl methyl sites for hydroxylation is 1. The van der Waals surface area contributed by atoms with Crippen LogP contribution in [-0.2, 0) is 16.6 Å². The molecule has 9 heteroatoms. The molecule has 2 aromatic rings. The molecule has 0 unspecified atom stereocenters. The van der Waals surface area contributed by atoms with Crippen molar-refractivity contribution in [2.75, 3.05) is 5.73 Å². The van der Waals surface area contributed by atoms with Gasteiger partial charge in [0.1, 0.15) is 16.6 Å². The van der Waals surface area contributed by atoms with Crippen molar-refractivity contribution in [2.45, 2.75) is 18.4 Å². The second-order valence-corrected chi connectivity index (χ2v) is 6.67. The topological polar surface area (TPSA) is 85.1 Å². The van der Waals surface area contributed by atoms with Crippen molar-refractivity contribution in [3.8, 4) is 0 Å². The molecule has 0 aliphatic heterocycles. The number of nitrogens with zero attached hydrogens (tertiary/aromatic N) is 1. The lowest BCUT2D eigenvalue weighted by molar-refractivity contribution is 0.514. The van der Waals surface area contributed by atoms with Crippen LogP contribution in [-0.4, -0.2) is 13.4 Å². The highest BCUT2D eigenvalue weighted by atomic mass is 32.2. The number of rotatable bonds is 4. The van der Waals surface area contributed by atoms with Crippen molar-refractivity contribution >= 4 is 27.0 Å². The highest BCUT2D eigenvalue weighted by Gasteiger charge is 2.24. The first kappa shape index (κ1) is 14.8. The Hall–Kier alpha value is -1.58. The van der Waals surface area contributed by atoms with E-state index in [0.717, 1.165) is 17.8 Å². The maximum atomic E-state index is 13.6. The molecule has 0 atom stereocenters. The quantitative estimate of drug-likeness (QED) is 0.841. The average Bonchev–Trinajstić information content (AvgIpc) is 2.71. The van der Waals surface area contributed by atoms with Crippen LogP contribution in [0, 0.1) is 18.6 Å². The minimum Gasteiger partial charge on any atom is -0.399 e. The number of sulfonamides is 1. The van der Waals surface area contributed by atoms with Gasteiger partial charge in [-0.3, -0.25) is 0 Å². The van der Waals surface area contributed by atoms with Crippen LogP contribution in [0.2, 0.25) is 0 Å². The molecule has 0 aliphatic rings. The molecule has 0 saturated heterocycles. The van der Waals surface area contributed by atoms with Gasteiger partial charge < -0.3 is 5.73 Å². The summed E-state index contributed by atoms with van der Waals surface area (Å²) in [5, 5.41) is 2.25. The third-order valence-electron chi connectivity index (χ3n) is 2.37. The normalized spacial score (nSPS) is 11.8. The number of thiazole rings is 1. The SMILES string of the molecule is Cc1csc(CNS(=O)(=O)c2c(F)cc(N)cc2F)n1. The zero-order valence-electron chi connectivity index (χ0n) is 10.4. The Kier molecular flexibility index (Phi) is 4.02. The van der Waals surface area contributed by atoms with Crippen molar-refractivity contribution in [3.05, 3.63) is 39.8 Å². The van der Waals surface area contributed by atoms with E-state index in [4.69, 9.17) is 5.73 Å². The van der Waals surface area contributed by atoms with E-state index in [2.05, 4.69) is 9.71 Å². The van der Waals surface area contributed by atoms with Gasteiger partial charge in [0.15, 0.2) is 4.90 Å². The van der Waals surface area contributed by atoms with Crippen LogP contribution < -0.4 is 10.5 Å². The largest absolute Gasteiger partial charge is 0.399 e. The lowest BCUT2D eigenvalue weighted by Crippen LogP contribution is -2.25. The number of halogens is 2. The molecule has 0 bridgehead atoms. The first-order valence-corrected chi connectivity index (χ1v) is 7.81. The number of aromatic nitrogens is 1. The lowest BCUT2D eigenvalue weighted by atomic mass is 10.3. The summed E-state index contributed by atoms with van der Waals surface area (Å²) < 4.78 is 53.1. The molecule has 108 valence electrons. The van der Waals surface area contributed by atoms with Gasteiger partial charge in [0.25, 0.3) is 0 Å². The summed E-state index contributed by atoms with van der Waals surface area (Å²) in [5.41, 5.74) is 5.79. The van der Waals surface area contributed by atoms with Gasteiger partial charge in [0.05, 0.1) is 6.54 Å². The molecule has 20 heavy (non-hydrogen) atoms. The zero-order valence-corrected chi connectivity index (χ0v) is 12.0. The third-order valence-corrected chi connectivity index (χ3v) is 4.79. The monoisotopic (exact) mass is 319 g/mol. The summed E-state index contributed by atoms with van der Waals surface area (Å²) in [6.45, 7) is 1.62. The molecule has 0 saturated carbocycles. The molecule has 0 amide bonds. The number of hydrogen-bond donors (Lipinski definition) is 2. The number of nitrogens with two attached hydrogens (primary N) is 1. The van der Waals surface area contributed by atoms with Gasteiger partial charge in [-0.15, -0.1) is 11.3 Å². The lowest BCUT2D eigenvalue weighted by Gasteiger charge is -2.08. The maximum absolute atomic E-state index is 13.6. The van der Waals surface area contributed by atoms with Crippen LogP contribution in [0.1, 0.15) is 10.7 Å². The molecular formula is C11H11F2N3O2S2. The van der Waals surface area contributed by atoms with Crippen molar-refractivity contribution in [2.24, 2.45) is 0 Å². The van der Waals surface area contributed by atoms with E-state index in [1.807, 2.05) is 0 Å². The molecule has 2 rings (SSSR count). The van der Waals surface area contributed by atoms with Crippen molar-refractivity contribution in [1.29, 1.82) is 0 Å². The number of anilines is 1. The average molecular weight is 319 g/mol. The van der Waals surface area contributed by atoms with Gasteiger partial charge >= 0.3 is 0 Å². The van der Waals surface area contributed by atoms with Gasteiger partial charge in [-0.05, 0) is 19.1 Å². The van der Waals surface area contributed by atoms with E-state index in [9.17, 15) is 17.2 Å². The highest BCUT2D eigenvalue weighted by molar-refractivity contribution is 7.89. The Morgan fingerprint density at radius 3 is 2.45 bits per heavy atom. The maximum Gasteiger partial charge on any atom is 0.246 e. The zero-order chi connectivity index (χ0) is 14.9. The molecule has 0 fully saturated rings. The van der Waals surface area contributed by atoms with Gasteiger partial charge in [-0.1, -0.05) is 0 Å². The molecule has 0 radical (unpaired) electrons. The number of nitrogens with one attached hydrogen (secondary N) is 1. The Bertz CT molecular complexity index is 721. The van der Waals surface area contributed by atoms with Crippen molar-refractivity contribution in [3.63, 3.8) is 0 Å².